The third-order valence-corrected chi connectivity index (χ3v) is 2.69. The van der Waals surface area contributed by atoms with Gasteiger partial charge in [-0.05, 0) is 29.8 Å². The molecular weight excluding hydrogens is 317 g/mol. The summed E-state index contributed by atoms with van der Waals surface area (Å²) in [6, 6.07) is 5.88. The zero-order valence-electron chi connectivity index (χ0n) is 10.6. The van der Waals surface area contributed by atoms with Crippen molar-refractivity contribution in [2.75, 3.05) is 0 Å². The van der Waals surface area contributed by atoms with Crippen molar-refractivity contribution in [3.63, 3.8) is 0 Å². The lowest BCUT2D eigenvalue weighted by Crippen LogP contribution is -2.17. The van der Waals surface area contributed by atoms with Gasteiger partial charge in [0.2, 0.25) is 0 Å². The molecule has 8 heteroatoms. The summed E-state index contributed by atoms with van der Waals surface area (Å²) in [5, 5.41) is 0. The van der Waals surface area contributed by atoms with Crippen molar-refractivity contribution in [3.8, 4) is 16.9 Å². The van der Waals surface area contributed by atoms with Gasteiger partial charge in [0.15, 0.2) is 0 Å². The molecule has 0 saturated carbocycles. The van der Waals surface area contributed by atoms with Crippen LogP contribution in [0.3, 0.4) is 0 Å². The van der Waals surface area contributed by atoms with E-state index in [1.165, 1.54) is 6.07 Å². The SMILES string of the molecule is Fc1ccc(OC(F)(F)F)cc1-c1ccccc1C(F)(F)F. The Morgan fingerprint density at radius 1 is 0.773 bits per heavy atom. The van der Waals surface area contributed by atoms with Crippen LogP contribution in [-0.4, -0.2) is 6.36 Å². The van der Waals surface area contributed by atoms with E-state index < -0.39 is 40.8 Å². The van der Waals surface area contributed by atoms with Crippen LogP contribution < -0.4 is 4.74 Å². The van der Waals surface area contributed by atoms with Gasteiger partial charge in [0, 0.05) is 5.56 Å². The van der Waals surface area contributed by atoms with Gasteiger partial charge in [0.05, 0.1) is 5.56 Å². The van der Waals surface area contributed by atoms with E-state index in [0.717, 1.165) is 12.1 Å². The number of hydrogen-bond donors (Lipinski definition) is 0. The Hall–Kier alpha value is -2.25. The maximum absolute atomic E-state index is 13.8. The summed E-state index contributed by atoms with van der Waals surface area (Å²) in [5.41, 5.74) is -2.35. The van der Waals surface area contributed by atoms with E-state index in [-0.39, 0.29) is 0 Å². The van der Waals surface area contributed by atoms with Gasteiger partial charge in [0.1, 0.15) is 11.6 Å². The summed E-state index contributed by atoms with van der Waals surface area (Å²) in [4.78, 5) is 0. The predicted molar refractivity (Wildman–Crippen MR) is 63.5 cm³/mol. The number of hydrogen-bond acceptors (Lipinski definition) is 1. The topological polar surface area (TPSA) is 9.23 Å². The minimum absolute atomic E-state index is 0.569. The molecule has 22 heavy (non-hydrogen) atoms. The molecule has 0 heterocycles. The molecule has 0 N–H and O–H groups in total. The Labute approximate surface area is 119 Å². The molecule has 2 rings (SSSR count). The van der Waals surface area contributed by atoms with Crippen LogP contribution in [0, 0.1) is 5.82 Å². The Kier molecular flexibility index (Phi) is 4.04. The molecule has 2 aromatic carbocycles. The fourth-order valence-electron chi connectivity index (χ4n) is 1.87. The van der Waals surface area contributed by atoms with Crippen LogP contribution in [0.2, 0.25) is 0 Å². The lowest BCUT2D eigenvalue weighted by Gasteiger charge is -2.15. The third-order valence-electron chi connectivity index (χ3n) is 2.69. The number of halogens is 7. The molecule has 2 aromatic rings. The van der Waals surface area contributed by atoms with Crippen LogP contribution in [-0.2, 0) is 6.18 Å². The fourth-order valence-corrected chi connectivity index (χ4v) is 1.87. The molecule has 0 aliphatic heterocycles. The highest BCUT2D eigenvalue weighted by Crippen LogP contribution is 2.39. The maximum Gasteiger partial charge on any atom is 0.573 e. The molecule has 0 bridgehead atoms. The van der Waals surface area contributed by atoms with Gasteiger partial charge in [0.25, 0.3) is 0 Å². The summed E-state index contributed by atoms with van der Waals surface area (Å²) >= 11 is 0. The van der Waals surface area contributed by atoms with Crippen molar-refractivity contribution in [2.45, 2.75) is 12.5 Å². The van der Waals surface area contributed by atoms with E-state index in [2.05, 4.69) is 4.74 Å². The highest BCUT2D eigenvalue weighted by molar-refractivity contribution is 5.70. The maximum atomic E-state index is 13.8. The van der Waals surface area contributed by atoms with Gasteiger partial charge < -0.3 is 4.74 Å². The van der Waals surface area contributed by atoms with E-state index in [1.54, 1.807) is 0 Å². The first-order valence-electron chi connectivity index (χ1n) is 5.80. The van der Waals surface area contributed by atoms with Crippen LogP contribution >= 0.6 is 0 Å². The number of ether oxygens (including phenoxy) is 1. The average Bonchev–Trinajstić information content (AvgIpc) is 2.38. The summed E-state index contributed by atoms with van der Waals surface area (Å²) in [6.45, 7) is 0. The van der Waals surface area contributed by atoms with E-state index in [1.807, 2.05) is 0 Å². The molecule has 0 saturated heterocycles. The lowest BCUT2D eigenvalue weighted by molar-refractivity contribution is -0.274. The molecule has 0 fully saturated rings. The van der Waals surface area contributed by atoms with E-state index in [9.17, 15) is 30.7 Å². The summed E-state index contributed by atoms with van der Waals surface area (Å²) in [7, 11) is 0. The van der Waals surface area contributed by atoms with Crippen LogP contribution in [0.4, 0.5) is 30.7 Å². The lowest BCUT2D eigenvalue weighted by atomic mass is 9.98. The van der Waals surface area contributed by atoms with Gasteiger partial charge in [-0.3, -0.25) is 0 Å². The van der Waals surface area contributed by atoms with E-state index in [4.69, 9.17) is 0 Å². The number of benzene rings is 2. The Morgan fingerprint density at radius 2 is 1.41 bits per heavy atom. The highest BCUT2D eigenvalue weighted by Gasteiger charge is 2.35. The Bertz CT molecular complexity index is 674. The molecular formula is C14H7F7O. The average molecular weight is 324 g/mol. The zero-order valence-corrected chi connectivity index (χ0v) is 10.6. The predicted octanol–water partition coefficient (Wildman–Crippen LogP) is 5.41. The van der Waals surface area contributed by atoms with E-state index >= 15 is 0 Å². The molecule has 0 radical (unpaired) electrons. The first-order chi connectivity index (χ1) is 10.1. The second-order valence-electron chi connectivity index (χ2n) is 4.23. The Balaban J connectivity index is 2.56. The molecule has 118 valence electrons. The largest absolute Gasteiger partial charge is 0.573 e. The normalized spacial score (nSPS) is 12.3. The van der Waals surface area contributed by atoms with Gasteiger partial charge in [-0.1, -0.05) is 18.2 Å². The summed E-state index contributed by atoms with van der Waals surface area (Å²) < 4.78 is 92.5. The minimum atomic E-state index is -5.03. The van der Waals surface area contributed by atoms with Crippen molar-refractivity contribution >= 4 is 0 Å². The standard InChI is InChI=1S/C14H7F7O/c15-12-6-5-8(22-14(19,20)21)7-10(12)9-3-1-2-4-11(9)13(16,17)18/h1-7H. The van der Waals surface area contributed by atoms with Crippen molar-refractivity contribution in [1.29, 1.82) is 0 Å². The Morgan fingerprint density at radius 3 is 2.00 bits per heavy atom. The second kappa shape index (κ2) is 5.51. The fraction of sp³-hybridized carbons (Fsp3) is 0.143. The van der Waals surface area contributed by atoms with E-state index in [0.29, 0.717) is 24.3 Å². The number of rotatable bonds is 2. The molecule has 0 aliphatic carbocycles. The van der Waals surface area contributed by atoms with Gasteiger partial charge >= 0.3 is 12.5 Å². The molecule has 0 aliphatic rings. The monoisotopic (exact) mass is 324 g/mol. The third kappa shape index (κ3) is 3.69. The van der Waals surface area contributed by atoms with Crippen molar-refractivity contribution in [2.24, 2.45) is 0 Å². The van der Waals surface area contributed by atoms with Crippen molar-refractivity contribution in [1.82, 2.24) is 0 Å². The molecule has 1 nitrogen and oxygen atoms in total. The highest BCUT2D eigenvalue weighted by atomic mass is 19.4. The summed E-state index contributed by atoms with van der Waals surface area (Å²) in [5.74, 6) is -1.90. The second-order valence-corrected chi connectivity index (χ2v) is 4.23. The smallest absolute Gasteiger partial charge is 0.406 e. The van der Waals surface area contributed by atoms with Gasteiger partial charge in [-0.25, -0.2) is 4.39 Å². The molecule has 0 amide bonds. The zero-order chi connectivity index (χ0) is 16.5. The van der Waals surface area contributed by atoms with Gasteiger partial charge in [-0.15, -0.1) is 13.2 Å². The molecule has 0 spiro atoms. The van der Waals surface area contributed by atoms with Crippen molar-refractivity contribution < 1.29 is 35.5 Å². The van der Waals surface area contributed by atoms with Crippen LogP contribution in [0.15, 0.2) is 42.5 Å². The summed E-state index contributed by atoms with van der Waals surface area (Å²) in [6.07, 6.45) is -9.80. The molecule has 0 atom stereocenters. The van der Waals surface area contributed by atoms with Crippen molar-refractivity contribution in [3.05, 3.63) is 53.8 Å². The molecule has 0 aromatic heterocycles. The van der Waals surface area contributed by atoms with Crippen LogP contribution in [0.25, 0.3) is 11.1 Å². The molecule has 0 unspecified atom stereocenters. The minimum Gasteiger partial charge on any atom is -0.406 e. The quantitative estimate of drug-likeness (QED) is 0.671. The van der Waals surface area contributed by atoms with Gasteiger partial charge in [-0.2, -0.15) is 13.2 Å². The number of alkyl halides is 6. The first kappa shape index (κ1) is 16.1. The van der Waals surface area contributed by atoms with Crippen LogP contribution in [0.5, 0.6) is 5.75 Å². The van der Waals surface area contributed by atoms with Crippen LogP contribution in [0.1, 0.15) is 5.56 Å². The first-order valence-corrected chi connectivity index (χ1v) is 5.80.